The van der Waals surface area contributed by atoms with E-state index >= 15 is 0 Å². The molecule has 4 aliphatic rings. The zero-order chi connectivity index (χ0) is 19.5. The molecule has 2 N–H and O–H groups in total. The molecule has 3 fully saturated rings. The predicted octanol–water partition coefficient (Wildman–Crippen LogP) is 4.02. The van der Waals surface area contributed by atoms with Gasteiger partial charge >= 0.3 is 5.63 Å². The Bertz CT molecular complexity index is 821. The van der Waals surface area contributed by atoms with Gasteiger partial charge in [0.05, 0.1) is 12.4 Å². The Morgan fingerprint density at radius 2 is 2.04 bits per heavy atom. The molecule has 0 aromatic carbocycles. The van der Waals surface area contributed by atoms with Crippen molar-refractivity contribution in [3.63, 3.8) is 0 Å². The van der Waals surface area contributed by atoms with Gasteiger partial charge in [0.1, 0.15) is 0 Å². The molecule has 7 atom stereocenters. The second kappa shape index (κ2) is 6.56. The summed E-state index contributed by atoms with van der Waals surface area (Å²) < 4.78 is 5.18. The van der Waals surface area contributed by atoms with Crippen molar-refractivity contribution in [2.45, 2.75) is 70.3 Å². The van der Waals surface area contributed by atoms with Crippen LogP contribution >= 0.6 is 0 Å². The first kappa shape index (κ1) is 18.6. The van der Waals surface area contributed by atoms with E-state index in [1.54, 1.807) is 17.9 Å². The van der Waals surface area contributed by atoms with Crippen LogP contribution in [0.3, 0.4) is 0 Å². The summed E-state index contributed by atoms with van der Waals surface area (Å²) >= 11 is 0. The Kier molecular flexibility index (Phi) is 4.37. The van der Waals surface area contributed by atoms with Crippen molar-refractivity contribution in [1.82, 2.24) is 0 Å². The SMILES string of the molecule is C[C@]12CC[C@H]3[C@@H](CC[C@@H]4C[C@@H](O)CC[C@@]43CO)C1=CC[C@@H]2c1ccc(=O)oc1. The van der Waals surface area contributed by atoms with E-state index in [0.717, 1.165) is 50.5 Å². The van der Waals surface area contributed by atoms with Crippen molar-refractivity contribution in [2.24, 2.45) is 28.6 Å². The molecular weight excluding hydrogens is 352 g/mol. The molecule has 0 spiro atoms. The summed E-state index contributed by atoms with van der Waals surface area (Å²) in [5.74, 6) is 1.94. The van der Waals surface area contributed by atoms with Crippen LogP contribution in [0.2, 0.25) is 0 Å². The molecule has 5 rings (SSSR count). The van der Waals surface area contributed by atoms with Crippen molar-refractivity contribution in [2.75, 3.05) is 6.61 Å². The lowest BCUT2D eigenvalue weighted by molar-refractivity contribution is -0.119. The second-order valence-electron chi connectivity index (χ2n) is 10.1. The predicted molar refractivity (Wildman–Crippen MR) is 107 cm³/mol. The van der Waals surface area contributed by atoms with Gasteiger partial charge in [0.2, 0.25) is 0 Å². The lowest BCUT2D eigenvalue weighted by atomic mass is 9.45. The molecule has 1 aromatic heterocycles. The van der Waals surface area contributed by atoms with Crippen LogP contribution in [-0.2, 0) is 0 Å². The molecule has 0 amide bonds. The molecule has 4 heteroatoms. The van der Waals surface area contributed by atoms with Crippen molar-refractivity contribution in [3.05, 3.63) is 46.0 Å². The summed E-state index contributed by atoms with van der Waals surface area (Å²) in [6, 6.07) is 3.49. The van der Waals surface area contributed by atoms with Gasteiger partial charge in [-0.1, -0.05) is 18.6 Å². The van der Waals surface area contributed by atoms with E-state index in [1.165, 1.54) is 6.42 Å². The molecule has 3 saturated carbocycles. The minimum absolute atomic E-state index is 0.00193. The van der Waals surface area contributed by atoms with E-state index in [-0.39, 0.29) is 29.2 Å². The van der Waals surface area contributed by atoms with Crippen LogP contribution in [-0.4, -0.2) is 22.9 Å². The lowest BCUT2D eigenvalue weighted by Gasteiger charge is -2.60. The van der Waals surface area contributed by atoms with Crippen LogP contribution in [0.15, 0.2) is 39.3 Å². The number of hydrogen-bond donors (Lipinski definition) is 2. The third kappa shape index (κ3) is 2.53. The van der Waals surface area contributed by atoms with E-state index in [4.69, 9.17) is 4.42 Å². The summed E-state index contributed by atoms with van der Waals surface area (Å²) in [6.07, 6.45) is 12.2. The number of hydrogen-bond acceptors (Lipinski definition) is 4. The first-order valence-corrected chi connectivity index (χ1v) is 11.1. The van der Waals surface area contributed by atoms with E-state index in [2.05, 4.69) is 13.0 Å². The minimum Gasteiger partial charge on any atom is -0.431 e. The number of rotatable bonds is 2. The topological polar surface area (TPSA) is 70.7 Å². The molecule has 4 nitrogen and oxygen atoms in total. The smallest absolute Gasteiger partial charge is 0.335 e. The Labute approximate surface area is 166 Å². The van der Waals surface area contributed by atoms with Gasteiger partial charge in [-0.05, 0) is 97.5 Å². The molecule has 0 aliphatic heterocycles. The Morgan fingerprint density at radius 3 is 2.79 bits per heavy atom. The van der Waals surface area contributed by atoms with Crippen LogP contribution in [0.1, 0.15) is 69.8 Å². The van der Waals surface area contributed by atoms with Gasteiger partial charge in [-0.3, -0.25) is 0 Å². The van der Waals surface area contributed by atoms with E-state index in [9.17, 15) is 15.0 Å². The normalized spacial score (nSPS) is 45.0. The van der Waals surface area contributed by atoms with E-state index in [1.807, 2.05) is 6.07 Å². The third-order valence-electron chi connectivity index (χ3n) is 9.16. The molecule has 4 aliphatic carbocycles. The van der Waals surface area contributed by atoms with E-state index in [0.29, 0.717) is 23.7 Å². The quantitative estimate of drug-likeness (QED) is 0.756. The molecular formula is C24H32O4. The molecule has 0 saturated heterocycles. The van der Waals surface area contributed by atoms with Crippen LogP contribution < -0.4 is 5.63 Å². The summed E-state index contributed by atoms with van der Waals surface area (Å²) in [5.41, 5.74) is 2.57. The van der Waals surface area contributed by atoms with Crippen molar-refractivity contribution < 1.29 is 14.6 Å². The summed E-state index contributed by atoms with van der Waals surface area (Å²) in [7, 11) is 0. The maximum atomic E-state index is 11.4. The lowest BCUT2D eigenvalue weighted by Crippen LogP contribution is -2.54. The fraction of sp³-hybridized carbons (Fsp3) is 0.708. The highest BCUT2D eigenvalue weighted by molar-refractivity contribution is 5.36. The minimum atomic E-state index is -0.286. The van der Waals surface area contributed by atoms with Gasteiger partial charge < -0.3 is 14.6 Å². The zero-order valence-electron chi connectivity index (χ0n) is 16.8. The molecule has 1 heterocycles. The van der Waals surface area contributed by atoms with E-state index < -0.39 is 0 Å². The van der Waals surface area contributed by atoms with Gasteiger partial charge in [-0.15, -0.1) is 0 Å². The van der Waals surface area contributed by atoms with Crippen molar-refractivity contribution in [3.8, 4) is 0 Å². The summed E-state index contributed by atoms with van der Waals surface area (Å²) in [5, 5.41) is 20.7. The number of fused-ring (bicyclic) bond motifs is 5. The monoisotopic (exact) mass is 384 g/mol. The molecule has 0 unspecified atom stereocenters. The Balaban J connectivity index is 1.46. The third-order valence-corrected chi connectivity index (χ3v) is 9.16. The maximum Gasteiger partial charge on any atom is 0.335 e. The van der Waals surface area contributed by atoms with Gasteiger partial charge in [0.25, 0.3) is 0 Å². The zero-order valence-corrected chi connectivity index (χ0v) is 16.8. The van der Waals surface area contributed by atoms with Crippen LogP contribution in [0.25, 0.3) is 0 Å². The molecule has 0 radical (unpaired) electrons. The van der Waals surface area contributed by atoms with Crippen LogP contribution in [0.5, 0.6) is 0 Å². The average molecular weight is 385 g/mol. The average Bonchev–Trinajstić information content (AvgIpc) is 3.05. The Morgan fingerprint density at radius 1 is 1.18 bits per heavy atom. The fourth-order valence-electron chi connectivity index (χ4n) is 7.74. The molecule has 28 heavy (non-hydrogen) atoms. The first-order chi connectivity index (χ1) is 13.5. The fourth-order valence-corrected chi connectivity index (χ4v) is 7.74. The Hall–Kier alpha value is -1.39. The van der Waals surface area contributed by atoms with Gasteiger partial charge in [-0.25, -0.2) is 4.79 Å². The highest BCUT2D eigenvalue weighted by Crippen LogP contribution is 2.67. The van der Waals surface area contributed by atoms with Gasteiger partial charge in [-0.2, -0.15) is 0 Å². The van der Waals surface area contributed by atoms with Crippen molar-refractivity contribution in [1.29, 1.82) is 0 Å². The van der Waals surface area contributed by atoms with Crippen molar-refractivity contribution >= 4 is 0 Å². The van der Waals surface area contributed by atoms with Crippen LogP contribution in [0.4, 0.5) is 0 Å². The highest BCUT2D eigenvalue weighted by atomic mass is 16.4. The van der Waals surface area contributed by atoms with Gasteiger partial charge in [0, 0.05) is 12.7 Å². The molecule has 0 bridgehead atoms. The summed E-state index contributed by atoms with van der Waals surface area (Å²) in [6.45, 7) is 2.67. The van der Waals surface area contributed by atoms with Gasteiger partial charge in [0.15, 0.2) is 0 Å². The highest BCUT2D eigenvalue weighted by Gasteiger charge is 2.59. The first-order valence-electron chi connectivity index (χ1n) is 11.1. The number of aliphatic hydroxyl groups is 2. The molecule has 152 valence electrons. The molecule has 1 aromatic rings. The standard InChI is InChI=1S/C24H32O4/c1-23-10-9-21-18(4-3-16-12-17(26)8-11-24(16,21)14-25)20(23)6-5-19(23)15-2-7-22(27)28-13-15/h2,6-7,13,16-19,21,25-26H,3-5,8-12,14H2,1H3/t16-,17+,18+,19-,21+,23-,24-/m1/s1. The summed E-state index contributed by atoms with van der Waals surface area (Å²) in [4.78, 5) is 11.4. The second-order valence-corrected chi connectivity index (χ2v) is 10.1. The number of aliphatic hydroxyl groups excluding tert-OH is 2. The number of allylic oxidation sites excluding steroid dienone is 2. The maximum absolute atomic E-state index is 11.4. The van der Waals surface area contributed by atoms with Crippen LogP contribution in [0, 0.1) is 28.6 Å². The largest absolute Gasteiger partial charge is 0.431 e.